The summed E-state index contributed by atoms with van der Waals surface area (Å²) in [5.74, 6) is -0.549. The van der Waals surface area contributed by atoms with Crippen LogP contribution in [0.4, 0.5) is 20.3 Å². The van der Waals surface area contributed by atoms with E-state index in [2.05, 4.69) is 4.98 Å². The second-order valence-corrected chi connectivity index (χ2v) is 7.87. The number of carbonyl (C=O) groups excluding carboxylic acids is 1. The van der Waals surface area contributed by atoms with Crippen LogP contribution in [-0.2, 0) is 6.54 Å². The number of hydrogen-bond acceptors (Lipinski definition) is 4. The van der Waals surface area contributed by atoms with Crippen LogP contribution in [0.2, 0.25) is 0 Å². The Morgan fingerprint density at radius 2 is 1.62 bits per heavy atom. The largest absolute Gasteiger partial charge is 0.456 e. The van der Waals surface area contributed by atoms with Crippen molar-refractivity contribution in [2.24, 2.45) is 5.73 Å². The molecule has 7 heteroatoms. The first-order chi connectivity index (χ1) is 16.3. The van der Waals surface area contributed by atoms with Crippen molar-refractivity contribution in [2.75, 3.05) is 4.90 Å². The average molecular weight is 459 g/mol. The third-order valence-electron chi connectivity index (χ3n) is 5.43. The van der Waals surface area contributed by atoms with E-state index in [1.807, 2.05) is 43.0 Å². The molecule has 172 valence electrons. The maximum Gasteiger partial charge on any atom is 0.252 e. The Morgan fingerprint density at radius 3 is 2.32 bits per heavy atom. The van der Waals surface area contributed by atoms with Gasteiger partial charge in [-0.2, -0.15) is 0 Å². The van der Waals surface area contributed by atoms with E-state index in [0.29, 0.717) is 28.4 Å². The van der Waals surface area contributed by atoms with E-state index in [1.54, 1.807) is 36.5 Å². The van der Waals surface area contributed by atoms with Crippen LogP contribution in [0.1, 0.15) is 27.0 Å². The first-order valence-electron chi connectivity index (χ1n) is 10.6. The number of amides is 1. The van der Waals surface area contributed by atoms with Gasteiger partial charge >= 0.3 is 0 Å². The summed E-state index contributed by atoms with van der Waals surface area (Å²) in [7, 11) is 0. The van der Waals surface area contributed by atoms with E-state index in [0.717, 1.165) is 17.3 Å². The quantitative estimate of drug-likeness (QED) is 0.357. The maximum atomic E-state index is 13.9. The number of nitrogens with zero attached hydrogens (tertiary/aromatic N) is 2. The summed E-state index contributed by atoms with van der Waals surface area (Å²) >= 11 is 0. The van der Waals surface area contributed by atoms with Crippen LogP contribution < -0.4 is 15.4 Å². The second-order valence-electron chi connectivity index (χ2n) is 7.87. The lowest BCUT2D eigenvalue weighted by molar-refractivity contribution is 0.0998. The highest BCUT2D eigenvalue weighted by molar-refractivity contribution is 5.95. The van der Waals surface area contributed by atoms with Gasteiger partial charge in [-0.25, -0.2) is 13.8 Å². The van der Waals surface area contributed by atoms with Gasteiger partial charge in [0.2, 0.25) is 0 Å². The SMILES string of the molecule is Cc1ccccc1N(Cc1cc(F)cc(F)c1)c1nccc(Oc2ccccc2C(N)=O)c1C. The Bertz CT molecular complexity index is 1340. The van der Waals surface area contributed by atoms with Gasteiger partial charge in [0.1, 0.15) is 29.0 Å². The molecule has 0 radical (unpaired) electrons. The second kappa shape index (κ2) is 9.70. The highest BCUT2D eigenvalue weighted by Crippen LogP contribution is 2.36. The van der Waals surface area contributed by atoms with Crippen molar-refractivity contribution in [3.63, 3.8) is 0 Å². The molecule has 0 saturated heterocycles. The minimum atomic E-state index is -0.649. The van der Waals surface area contributed by atoms with Gasteiger partial charge in [-0.1, -0.05) is 30.3 Å². The average Bonchev–Trinajstić information content (AvgIpc) is 2.79. The summed E-state index contributed by atoms with van der Waals surface area (Å²) in [5, 5.41) is 0. The lowest BCUT2D eigenvalue weighted by Crippen LogP contribution is -2.20. The number of rotatable bonds is 7. The van der Waals surface area contributed by atoms with Gasteiger partial charge in [0.15, 0.2) is 0 Å². The van der Waals surface area contributed by atoms with Crippen LogP contribution >= 0.6 is 0 Å². The predicted octanol–water partition coefficient (Wildman–Crippen LogP) is 6.21. The van der Waals surface area contributed by atoms with Crippen LogP contribution in [0.25, 0.3) is 0 Å². The van der Waals surface area contributed by atoms with E-state index in [-0.39, 0.29) is 12.1 Å². The molecular weight excluding hydrogens is 436 g/mol. The smallest absolute Gasteiger partial charge is 0.252 e. The molecule has 4 aromatic rings. The summed E-state index contributed by atoms with van der Waals surface area (Å²) in [5.41, 5.74) is 8.67. The third-order valence-corrected chi connectivity index (χ3v) is 5.43. The molecular formula is C27H23F2N3O2. The van der Waals surface area contributed by atoms with Crippen molar-refractivity contribution in [3.05, 3.63) is 113 Å². The third kappa shape index (κ3) is 4.88. The number of aryl methyl sites for hydroxylation is 1. The molecule has 0 aliphatic heterocycles. The Morgan fingerprint density at radius 1 is 0.941 bits per heavy atom. The molecule has 1 heterocycles. The fourth-order valence-corrected chi connectivity index (χ4v) is 3.79. The minimum Gasteiger partial charge on any atom is -0.456 e. The number of nitrogens with two attached hydrogens (primary N) is 1. The van der Waals surface area contributed by atoms with Crippen molar-refractivity contribution >= 4 is 17.4 Å². The molecule has 34 heavy (non-hydrogen) atoms. The van der Waals surface area contributed by atoms with Crippen molar-refractivity contribution in [2.45, 2.75) is 20.4 Å². The number of anilines is 2. The Labute approximate surface area is 196 Å². The Hall–Kier alpha value is -4.26. The zero-order chi connectivity index (χ0) is 24.2. The van der Waals surface area contributed by atoms with Gasteiger partial charge in [-0.3, -0.25) is 4.79 Å². The highest BCUT2D eigenvalue weighted by atomic mass is 19.1. The van der Waals surface area contributed by atoms with Crippen LogP contribution in [0, 0.1) is 25.5 Å². The van der Waals surface area contributed by atoms with Crippen LogP contribution in [-0.4, -0.2) is 10.9 Å². The van der Waals surface area contributed by atoms with Crippen LogP contribution in [0.5, 0.6) is 11.5 Å². The normalized spacial score (nSPS) is 10.7. The molecule has 0 spiro atoms. The predicted molar refractivity (Wildman–Crippen MR) is 127 cm³/mol. The molecule has 0 aliphatic rings. The van der Waals surface area contributed by atoms with Crippen molar-refractivity contribution in [3.8, 4) is 11.5 Å². The summed E-state index contributed by atoms with van der Waals surface area (Å²) in [6.45, 7) is 3.96. The number of para-hydroxylation sites is 2. The number of carbonyl (C=O) groups is 1. The Balaban J connectivity index is 1.79. The van der Waals surface area contributed by atoms with Crippen LogP contribution in [0.3, 0.4) is 0 Å². The molecule has 0 bridgehead atoms. The molecule has 0 unspecified atom stereocenters. The zero-order valence-electron chi connectivity index (χ0n) is 18.8. The molecule has 4 rings (SSSR count). The Kier molecular flexibility index (Phi) is 6.54. The number of primary amides is 1. The lowest BCUT2D eigenvalue weighted by Gasteiger charge is -2.28. The first kappa shape index (κ1) is 22.9. The summed E-state index contributed by atoms with van der Waals surface area (Å²) in [6, 6.07) is 19.5. The topological polar surface area (TPSA) is 68.5 Å². The van der Waals surface area contributed by atoms with Crippen LogP contribution in [0.15, 0.2) is 79.0 Å². The molecule has 5 nitrogen and oxygen atoms in total. The van der Waals surface area contributed by atoms with Gasteiger partial charge in [-0.15, -0.1) is 0 Å². The number of halogens is 2. The van der Waals surface area contributed by atoms with Crippen molar-refractivity contribution < 1.29 is 18.3 Å². The minimum absolute atomic E-state index is 0.175. The number of aromatic nitrogens is 1. The number of ether oxygens (including phenoxy) is 1. The standard InChI is InChI=1S/C27H23F2N3O2/c1-17-7-3-5-9-23(17)32(16-19-13-20(28)15-21(29)14-19)27-18(2)24(11-12-31-27)34-25-10-6-4-8-22(25)26(30)33/h3-15H,16H2,1-2H3,(H2,30,33). The van der Waals surface area contributed by atoms with E-state index in [4.69, 9.17) is 10.5 Å². The van der Waals surface area contributed by atoms with E-state index < -0.39 is 17.5 Å². The van der Waals surface area contributed by atoms with Crippen molar-refractivity contribution in [1.29, 1.82) is 0 Å². The zero-order valence-corrected chi connectivity index (χ0v) is 18.8. The monoisotopic (exact) mass is 459 g/mol. The molecule has 0 aliphatic carbocycles. The van der Waals surface area contributed by atoms with Crippen molar-refractivity contribution in [1.82, 2.24) is 4.98 Å². The van der Waals surface area contributed by atoms with E-state index in [9.17, 15) is 13.6 Å². The first-order valence-corrected chi connectivity index (χ1v) is 10.6. The van der Waals surface area contributed by atoms with Gasteiger partial charge < -0.3 is 15.4 Å². The molecule has 1 amide bonds. The lowest BCUT2D eigenvalue weighted by atomic mass is 10.1. The molecule has 0 atom stereocenters. The number of hydrogen-bond donors (Lipinski definition) is 1. The summed E-state index contributed by atoms with van der Waals surface area (Å²) in [6.07, 6.45) is 1.59. The fourth-order valence-electron chi connectivity index (χ4n) is 3.79. The highest BCUT2D eigenvalue weighted by Gasteiger charge is 2.20. The molecule has 0 fully saturated rings. The number of pyridine rings is 1. The van der Waals surface area contributed by atoms with Gasteiger partial charge in [-0.05, 0) is 61.4 Å². The van der Waals surface area contributed by atoms with E-state index in [1.165, 1.54) is 12.1 Å². The summed E-state index contributed by atoms with van der Waals surface area (Å²) in [4.78, 5) is 18.3. The molecule has 0 saturated carbocycles. The summed E-state index contributed by atoms with van der Waals surface area (Å²) < 4.78 is 33.9. The molecule has 1 aromatic heterocycles. The van der Waals surface area contributed by atoms with E-state index >= 15 is 0 Å². The number of benzene rings is 3. The maximum absolute atomic E-state index is 13.9. The fraction of sp³-hybridized carbons (Fsp3) is 0.111. The van der Waals surface area contributed by atoms with Gasteiger partial charge in [0.25, 0.3) is 5.91 Å². The molecule has 2 N–H and O–H groups in total. The van der Waals surface area contributed by atoms with Gasteiger partial charge in [0.05, 0.1) is 5.56 Å². The molecule has 3 aromatic carbocycles. The van der Waals surface area contributed by atoms with Gasteiger partial charge in [0, 0.05) is 30.1 Å².